The Balaban J connectivity index is 2.00. The molecule has 1 aromatic carbocycles. The van der Waals surface area contributed by atoms with Crippen molar-refractivity contribution in [2.75, 3.05) is 11.1 Å². The SMILES string of the molecule is CC(Oc1cncc(Br)c1)C(=O)Nc1ccc(F)c(N)c1. The van der Waals surface area contributed by atoms with Gasteiger partial charge < -0.3 is 15.8 Å². The van der Waals surface area contributed by atoms with Gasteiger partial charge in [0.15, 0.2) is 6.10 Å². The second kappa shape index (κ2) is 6.53. The number of ether oxygens (including phenoxy) is 1. The van der Waals surface area contributed by atoms with Crippen molar-refractivity contribution < 1.29 is 13.9 Å². The van der Waals surface area contributed by atoms with E-state index in [9.17, 15) is 9.18 Å². The van der Waals surface area contributed by atoms with Crippen molar-refractivity contribution >= 4 is 33.2 Å². The number of rotatable bonds is 4. The molecule has 21 heavy (non-hydrogen) atoms. The molecule has 3 N–H and O–H groups in total. The number of nitrogen functional groups attached to an aromatic ring is 1. The van der Waals surface area contributed by atoms with Gasteiger partial charge in [0.2, 0.25) is 0 Å². The van der Waals surface area contributed by atoms with Crippen molar-refractivity contribution in [3.8, 4) is 5.75 Å². The van der Waals surface area contributed by atoms with E-state index in [0.29, 0.717) is 11.4 Å². The third-order valence-electron chi connectivity index (χ3n) is 2.63. The molecule has 1 atom stereocenters. The molecule has 0 aliphatic rings. The monoisotopic (exact) mass is 353 g/mol. The quantitative estimate of drug-likeness (QED) is 0.828. The predicted octanol–water partition coefficient (Wildman–Crippen LogP) is 2.97. The van der Waals surface area contributed by atoms with Gasteiger partial charge in [-0.3, -0.25) is 9.78 Å². The van der Waals surface area contributed by atoms with Crippen molar-refractivity contribution in [3.05, 3.63) is 46.9 Å². The molecule has 0 radical (unpaired) electrons. The third kappa shape index (κ3) is 4.16. The molecule has 2 aromatic rings. The standard InChI is InChI=1S/C14H13BrFN3O2/c1-8(21-11-4-9(15)6-18-7-11)14(20)19-10-2-3-12(16)13(17)5-10/h2-8H,17H2,1H3,(H,19,20). The van der Waals surface area contributed by atoms with Gasteiger partial charge in [-0.05, 0) is 47.1 Å². The molecule has 0 aliphatic carbocycles. The molecule has 0 saturated heterocycles. The fraction of sp³-hybridized carbons (Fsp3) is 0.143. The number of aromatic nitrogens is 1. The second-order valence-corrected chi connectivity index (χ2v) is 5.24. The number of anilines is 2. The zero-order valence-electron chi connectivity index (χ0n) is 11.1. The molecule has 7 heteroatoms. The van der Waals surface area contributed by atoms with Crippen molar-refractivity contribution in [2.45, 2.75) is 13.0 Å². The highest BCUT2D eigenvalue weighted by Gasteiger charge is 2.15. The van der Waals surface area contributed by atoms with Crippen LogP contribution in [0.2, 0.25) is 0 Å². The Morgan fingerprint density at radius 2 is 2.19 bits per heavy atom. The maximum atomic E-state index is 13.0. The Morgan fingerprint density at radius 3 is 2.86 bits per heavy atom. The summed E-state index contributed by atoms with van der Waals surface area (Å²) in [5.74, 6) is -0.441. The van der Waals surface area contributed by atoms with Crippen molar-refractivity contribution in [1.29, 1.82) is 0 Å². The van der Waals surface area contributed by atoms with Crippen LogP contribution in [0.15, 0.2) is 41.1 Å². The van der Waals surface area contributed by atoms with Crippen molar-refractivity contribution in [2.24, 2.45) is 0 Å². The van der Waals surface area contributed by atoms with Crippen LogP contribution in [0.1, 0.15) is 6.92 Å². The predicted molar refractivity (Wildman–Crippen MR) is 81.5 cm³/mol. The Morgan fingerprint density at radius 1 is 1.43 bits per heavy atom. The highest BCUT2D eigenvalue weighted by molar-refractivity contribution is 9.10. The van der Waals surface area contributed by atoms with E-state index in [4.69, 9.17) is 10.5 Å². The van der Waals surface area contributed by atoms with E-state index in [1.54, 1.807) is 19.2 Å². The first-order valence-corrected chi connectivity index (χ1v) is 6.88. The molecule has 2 rings (SSSR count). The summed E-state index contributed by atoms with van der Waals surface area (Å²) in [6.45, 7) is 1.60. The summed E-state index contributed by atoms with van der Waals surface area (Å²) in [6, 6.07) is 5.67. The lowest BCUT2D eigenvalue weighted by molar-refractivity contribution is -0.122. The lowest BCUT2D eigenvalue weighted by atomic mass is 10.2. The van der Waals surface area contributed by atoms with E-state index in [-0.39, 0.29) is 11.6 Å². The normalized spacial score (nSPS) is 11.8. The number of halogens is 2. The van der Waals surface area contributed by atoms with Gasteiger partial charge in [0.05, 0.1) is 11.9 Å². The van der Waals surface area contributed by atoms with E-state index in [0.717, 1.165) is 4.47 Å². The summed E-state index contributed by atoms with van der Waals surface area (Å²) in [5.41, 5.74) is 5.82. The third-order valence-corrected chi connectivity index (χ3v) is 3.06. The van der Waals surface area contributed by atoms with Gasteiger partial charge in [0.25, 0.3) is 5.91 Å². The molecular formula is C14H13BrFN3O2. The van der Waals surface area contributed by atoms with Gasteiger partial charge >= 0.3 is 0 Å². The highest BCUT2D eigenvalue weighted by atomic mass is 79.9. The number of nitrogens with one attached hydrogen (secondary N) is 1. The lowest BCUT2D eigenvalue weighted by Crippen LogP contribution is -2.30. The number of carbonyl (C=O) groups is 1. The molecule has 0 aliphatic heterocycles. The molecule has 0 spiro atoms. The van der Waals surface area contributed by atoms with Gasteiger partial charge in [-0.2, -0.15) is 0 Å². The first-order chi connectivity index (χ1) is 9.95. The highest BCUT2D eigenvalue weighted by Crippen LogP contribution is 2.19. The van der Waals surface area contributed by atoms with Gasteiger partial charge in [-0.15, -0.1) is 0 Å². The minimum absolute atomic E-state index is 0.0300. The minimum Gasteiger partial charge on any atom is -0.479 e. The molecule has 1 unspecified atom stereocenters. The van der Waals surface area contributed by atoms with Crippen molar-refractivity contribution in [1.82, 2.24) is 4.98 Å². The van der Waals surface area contributed by atoms with Crippen LogP contribution >= 0.6 is 15.9 Å². The zero-order chi connectivity index (χ0) is 15.4. The van der Waals surface area contributed by atoms with Gasteiger partial charge in [-0.1, -0.05) is 0 Å². The second-order valence-electron chi connectivity index (χ2n) is 4.32. The van der Waals surface area contributed by atoms with Gasteiger partial charge in [-0.25, -0.2) is 4.39 Å². The largest absolute Gasteiger partial charge is 0.479 e. The van der Waals surface area contributed by atoms with Crippen LogP contribution < -0.4 is 15.8 Å². The van der Waals surface area contributed by atoms with E-state index in [1.807, 2.05) is 0 Å². The first-order valence-electron chi connectivity index (χ1n) is 6.09. The number of amides is 1. The molecule has 0 saturated carbocycles. The van der Waals surface area contributed by atoms with Crippen LogP contribution in [0.25, 0.3) is 0 Å². The summed E-state index contributed by atoms with van der Waals surface area (Å²) >= 11 is 3.27. The van der Waals surface area contributed by atoms with E-state index < -0.39 is 11.9 Å². The Hall–Kier alpha value is -2.15. The van der Waals surface area contributed by atoms with Crippen LogP contribution in [0.3, 0.4) is 0 Å². The zero-order valence-corrected chi connectivity index (χ0v) is 12.7. The van der Waals surface area contributed by atoms with Crippen LogP contribution in [0.5, 0.6) is 5.75 Å². The average molecular weight is 354 g/mol. The van der Waals surface area contributed by atoms with Crippen LogP contribution in [-0.4, -0.2) is 17.0 Å². The molecule has 1 aromatic heterocycles. The van der Waals surface area contributed by atoms with Crippen molar-refractivity contribution in [3.63, 3.8) is 0 Å². The van der Waals surface area contributed by atoms with Crippen LogP contribution in [0.4, 0.5) is 15.8 Å². The fourth-order valence-electron chi connectivity index (χ4n) is 1.58. The molecule has 1 amide bonds. The molecule has 110 valence electrons. The lowest BCUT2D eigenvalue weighted by Gasteiger charge is -2.15. The average Bonchev–Trinajstić information content (AvgIpc) is 2.43. The number of benzene rings is 1. The fourth-order valence-corrected chi connectivity index (χ4v) is 1.92. The molecule has 0 bridgehead atoms. The molecule has 5 nitrogen and oxygen atoms in total. The number of nitrogens with zero attached hydrogens (tertiary/aromatic N) is 1. The Kier molecular flexibility index (Phi) is 4.74. The minimum atomic E-state index is -0.743. The Labute approximate surface area is 129 Å². The van der Waals surface area contributed by atoms with E-state index >= 15 is 0 Å². The number of hydrogen-bond donors (Lipinski definition) is 2. The number of nitrogens with two attached hydrogens (primary N) is 1. The topological polar surface area (TPSA) is 77.2 Å². The number of carbonyl (C=O) groups excluding carboxylic acids is 1. The smallest absolute Gasteiger partial charge is 0.265 e. The van der Waals surface area contributed by atoms with Crippen LogP contribution in [-0.2, 0) is 4.79 Å². The Bertz CT molecular complexity index is 666. The maximum absolute atomic E-state index is 13.0. The number of hydrogen-bond acceptors (Lipinski definition) is 4. The first kappa shape index (κ1) is 15.2. The van der Waals surface area contributed by atoms with E-state index in [2.05, 4.69) is 26.2 Å². The van der Waals surface area contributed by atoms with E-state index in [1.165, 1.54) is 24.4 Å². The van der Waals surface area contributed by atoms with Gasteiger partial charge in [0, 0.05) is 16.4 Å². The molecule has 1 heterocycles. The summed E-state index contributed by atoms with van der Waals surface area (Å²) in [5, 5.41) is 2.60. The molecular weight excluding hydrogens is 341 g/mol. The summed E-state index contributed by atoms with van der Waals surface area (Å²) < 4.78 is 19.3. The van der Waals surface area contributed by atoms with Gasteiger partial charge in [0.1, 0.15) is 11.6 Å². The summed E-state index contributed by atoms with van der Waals surface area (Å²) in [7, 11) is 0. The number of pyridine rings is 1. The maximum Gasteiger partial charge on any atom is 0.265 e. The van der Waals surface area contributed by atoms with Crippen LogP contribution in [0, 0.1) is 5.82 Å². The summed E-state index contributed by atoms with van der Waals surface area (Å²) in [4.78, 5) is 15.9. The molecule has 0 fully saturated rings. The summed E-state index contributed by atoms with van der Waals surface area (Å²) in [6.07, 6.45) is 2.37.